The summed E-state index contributed by atoms with van der Waals surface area (Å²) in [5.41, 5.74) is 12.5. The topological polar surface area (TPSA) is 38.9 Å². The first-order valence-corrected chi connectivity index (χ1v) is 17.7. The van der Waals surface area contributed by atoms with Crippen molar-refractivity contribution in [2.45, 2.75) is 54.2 Å². The Labute approximate surface area is 159 Å². The minimum absolute atomic E-state index is 0.595. The van der Waals surface area contributed by atoms with Crippen molar-refractivity contribution in [1.82, 2.24) is 4.98 Å². The van der Waals surface area contributed by atoms with E-state index in [1.807, 2.05) is 0 Å². The van der Waals surface area contributed by atoms with Gasteiger partial charge in [0.15, 0.2) is 0 Å². The van der Waals surface area contributed by atoms with E-state index in [4.69, 9.17) is 10.7 Å². The Bertz CT molecular complexity index is 1770. The third kappa shape index (κ3) is 0.237. The maximum atomic E-state index is 5.93. The molecule has 13 rings (SSSR count). The molecule has 10 aliphatic heterocycles. The van der Waals surface area contributed by atoms with Crippen LogP contribution in [0.25, 0.3) is 22.0 Å². The van der Waals surface area contributed by atoms with Crippen molar-refractivity contribution < 1.29 is 6.51 Å². The number of pyridine rings is 1. The molecule has 2 nitrogen and oxygen atoms in total. The van der Waals surface area contributed by atoms with E-state index in [0.717, 1.165) is 4.31 Å². The Morgan fingerprint density at radius 3 is 2.17 bits per heavy atom. The van der Waals surface area contributed by atoms with E-state index in [1.165, 1.54) is 70.9 Å². The Balaban J connectivity index is 1.15. The molecular formula is C26H22FeN2. The number of benzene rings is 2. The van der Waals surface area contributed by atoms with Crippen LogP contribution >= 0.6 is 0 Å². The van der Waals surface area contributed by atoms with Crippen LogP contribution in [0.15, 0.2) is 54.6 Å². The number of para-hydroxylation sites is 1. The predicted molar refractivity (Wildman–Crippen MR) is 110 cm³/mol. The number of hydrogen-bond donors (Lipinski definition) is 1. The van der Waals surface area contributed by atoms with Crippen molar-refractivity contribution in [3.05, 3.63) is 65.9 Å². The molecule has 4 unspecified atom stereocenters. The zero-order valence-corrected chi connectivity index (χ0v) is 17.1. The summed E-state index contributed by atoms with van der Waals surface area (Å²) in [6.07, 6.45) is 0. The van der Waals surface area contributed by atoms with Crippen LogP contribution in [0.2, 0.25) is 43.3 Å². The van der Waals surface area contributed by atoms with Crippen LogP contribution < -0.4 is 5.73 Å². The molecule has 10 aliphatic rings. The minimum atomic E-state index is -3.16. The van der Waals surface area contributed by atoms with Gasteiger partial charge in [-0.15, -0.1) is 0 Å². The van der Waals surface area contributed by atoms with E-state index >= 15 is 0 Å². The summed E-state index contributed by atoms with van der Waals surface area (Å²) in [6.45, 7) is -2.57. The molecule has 0 bridgehead atoms. The molecule has 0 radical (unpaired) electrons. The molecule has 0 amide bonds. The SMILES string of the molecule is NCc1cccc(-c2cccc3ccc([C]45[CH]6[CH]7[CH]8[CH]4[Fe]786549%10%11[CH]5[CH]4[CH]9[CH]%10[CH]5%11)nc23)c1. The summed E-state index contributed by atoms with van der Waals surface area (Å²) in [5, 5.41) is 1.30. The molecule has 11 heterocycles. The van der Waals surface area contributed by atoms with Crippen molar-refractivity contribution in [1.29, 1.82) is 0 Å². The fourth-order valence-electron chi connectivity index (χ4n) is 19.3. The van der Waals surface area contributed by atoms with Gasteiger partial charge in [0.2, 0.25) is 0 Å². The van der Waals surface area contributed by atoms with Crippen LogP contribution in [0.1, 0.15) is 11.3 Å². The van der Waals surface area contributed by atoms with Gasteiger partial charge >= 0.3 is 159 Å². The second-order valence-electron chi connectivity index (χ2n) is 14.2. The first-order chi connectivity index (χ1) is 14.0. The summed E-state index contributed by atoms with van der Waals surface area (Å²) in [4.78, 5) is 17.6. The zero-order chi connectivity index (χ0) is 18.3. The molecule has 10 saturated heterocycles. The molecule has 1 spiro atoms. The molecule has 29 heavy (non-hydrogen) atoms. The summed E-state index contributed by atoms with van der Waals surface area (Å²) < 4.78 is 0.736. The van der Waals surface area contributed by atoms with Crippen LogP contribution in [0.5, 0.6) is 0 Å². The summed E-state index contributed by atoms with van der Waals surface area (Å²) >= 11 is 0. The van der Waals surface area contributed by atoms with Crippen molar-refractivity contribution in [3.63, 3.8) is 0 Å². The zero-order valence-electron chi connectivity index (χ0n) is 16.0. The fraction of sp³-hybridized carbons (Fsp3) is 0.423. The third-order valence-electron chi connectivity index (χ3n) is 18.3. The second-order valence-corrected chi connectivity index (χ2v) is 37.7. The van der Waals surface area contributed by atoms with Crippen LogP contribution in [-0.2, 0) is 17.4 Å². The summed E-state index contributed by atoms with van der Waals surface area (Å²) in [7, 11) is 0. The Morgan fingerprint density at radius 2 is 1.55 bits per heavy atom. The average molecular weight is 418 g/mol. The molecular weight excluding hydrogens is 396 g/mol. The average Bonchev–Trinajstić information content (AvgIpc) is 3.71. The van der Waals surface area contributed by atoms with Gasteiger partial charge in [0.05, 0.1) is 0 Å². The molecule has 0 aliphatic carbocycles. The Morgan fingerprint density at radius 1 is 0.828 bits per heavy atom. The molecule has 144 valence electrons. The maximum absolute atomic E-state index is 5.93. The van der Waals surface area contributed by atoms with E-state index in [0.29, 0.717) is 6.54 Å². The molecule has 3 aromatic rings. The Hall–Kier alpha value is -1.67. The van der Waals surface area contributed by atoms with Crippen LogP contribution in [0.4, 0.5) is 0 Å². The number of rotatable bonds is 3. The van der Waals surface area contributed by atoms with Gasteiger partial charge in [-0.05, 0) is 0 Å². The Kier molecular flexibility index (Phi) is 0.643. The molecule has 2 aromatic carbocycles. The van der Waals surface area contributed by atoms with Gasteiger partial charge in [0.1, 0.15) is 0 Å². The normalized spacial score (nSPS) is 74.7. The summed E-state index contributed by atoms with van der Waals surface area (Å²) in [5.74, 6) is 0. The van der Waals surface area contributed by atoms with Gasteiger partial charge in [-0.1, -0.05) is 0 Å². The third-order valence-corrected chi connectivity index (χ3v) is 60.6. The molecule has 10 fully saturated rings. The molecule has 0 saturated carbocycles. The second kappa shape index (κ2) is 1.52. The number of aromatic nitrogens is 1. The van der Waals surface area contributed by atoms with E-state index in [-0.39, 0.29) is 0 Å². The monoisotopic (exact) mass is 418 g/mol. The summed E-state index contributed by atoms with van der Waals surface area (Å²) in [6, 6.07) is 20.4. The van der Waals surface area contributed by atoms with E-state index in [9.17, 15) is 0 Å². The van der Waals surface area contributed by atoms with E-state index in [1.54, 1.807) is 5.69 Å². The van der Waals surface area contributed by atoms with Crippen molar-refractivity contribution >= 4 is 10.9 Å². The molecule has 4 atom stereocenters. The standard InChI is InChI=1S/C21H17N2.C5H5.Fe/c22-14-15-5-3-9-18(13-15)19-10-4-8-17-11-12-20(23-21(17)19)16-6-1-2-7-16;1-2-4-5-3-1;/h1-13H,14,22H2;1-5H;. The van der Waals surface area contributed by atoms with Crippen molar-refractivity contribution in [3.8, 4) is 11.1 Å². The first kappa shape index (κ1) is 12.2. The van der Waals surface area contributed by atoms with Gasteiger partial charge in [0.25, 0.3) is 0 Å². The van der Waals surface area contributed by atoms with Gasteiger partial charge in [-0.2, -0.15) is 0 Å². The molecule has 2 N–H and O–H groups in total. The first-order valence-electron chi connectivity index (χ1n) is 11.4. The van der Waals surface area contributed by atoms with E-state index < -0.39 is 6.51 Å². The predicted octanol–water partition coefficient (Wildman–Crippen LogP) is 6.16. The van der Waals surface area contributed by atoms with Crippen molar-refractivity contribution in [2.24, 2.45) is 5.73 Å². The fourth-order valence-corrected chi connectivity index (χ4v) is 93.3. The number of nitrogens with zero attached hydrogens (tertiary/aromatic N) is 1. The number of nitrogens with two attached hydrogens (primary N) is 1. The number of hydrogen-bond acceptors (Lipinski definition) is 2. The molecule has 1 aromatic heterocycles. The van der Waals surface area contributed by atoms with E-state index in [2.05, 4.69) is 54.6 Å². The molecule has 3 heteroatoms. The van der Waals surface area contributed by atoms with Crippen molar-refractivity contribution in [2.75, 3.05) is 0 Å². The quantitative estimate of drug-likeness (QED) is 0.518. The van der Waals surface area contributed by atoms with Crippen LogP contribution in [-0.4, -0.2) is 4.98 Å². The van der Waals surface area contributed by atoms with Crippen LogP contribution in [0, 0.1) is 0 Å². The van der Waals surface area contributed by atoms with Crippen LogP contribution in [0.3, 0.4) is 0 Å². The van der Waals surface area contributed by atoms with Gasteiger partial charge in [0, 0.05) is 0 Å². The number of fused-ring (bicyclic) bond motifs is 11. The van der Waals surface area contributed by atoms with Gasteiger partial charge in [-0.3, -0.25) is 0 Å². The van der Waals surface area contributed by atoms with Gasteiger partial charge in [-0.25, -0.2) is 0 Å². The van der Waals surface area contributed by atoms with Gasteiger partial charge < -0.3 is 0 Å².